The molecular weight excluding hydrogens is 681 g/mol. The number of primary amides is 1. The number of aromatic hydroxyl groups is 1. The number of carbonyl (C=O) groups excluding carboxylic acids is 2. The van der Waals surface area contributed by atoms with Crippen molar-refractivity contribution >= 4 is 39.1 Å². The molecule has 0 aliphatic carbocycles. The molecule has 50 heavy (non-hydrogen) atoms. The number of aryl methyl sites for hydroxylation is 1. The smallest absolute Gasteiger partial charge is 0.340 e. The number of likely N-dealkylation sites (N-methyl/N-ethyl adjacent to an activating group) is 1. The van der Waals surface area contributed by atoms with Crippen LogP contribution in [0.25, 0.3) is 0 Å². The van der Waals surface area contributed by atoms with Gasteiger partial charge >= 0.3 is 16.1 Å². The average molecular weight is 724 g/mol. The van der Waals surface area contributed by atoms with Gasteiger partial charge in [-0.2, -0.15) is 19.8 Å². The number of nitrogens with two attached hydrogens (primary N) is 1. The van der Waals surface area contributed by atoms with Crippen molar-refractivity contribution in [3.63, 3.8) is 0 Å². The Morgan fingerprint density at radius 1 is 1.02 bits per heavy atom. The molecule has 0 spiro atoms. The maximum atomic E-state index is 14.2. The number of anilines is 1. The summed E-state index contributed by atoms with van der Waals surface area (Å²) in [5, 5.41) is 16.0. The number of nitrogens with one attached hydrogen (secondary N) is 1. The fourth-order valence-corrected chi connectivity index (χ4v) is 8.83. The number of phenolic OH excluding ortho intramolecular Hbond substituents is 1. The average Bonchev–Trinajstić information content (AvgIpc) is 3.52. The number of carbonyl (C=O) groups is 2. The highest BCUT2D eigenvalue weighted by molar-refractivity contribution is 7.87. The van der Waals surface area contributed by atoms with Gasteiger partial charge in [0.2, 0.25) is 5.91 Å². The highest BCUT2D eigenvalue weighted by Gasteiger charge is 2.41. The number of amides is 3. The van der Waals surface area contributed by atoms with Crippen LogP contribution in [0.1, 0.15) is 29.5 Å². The largest absolute Gasteiger partial charge is 0.508 e. The van der Waals surface area contributed by atoms with Crippen LogP contribution in [0.15, 0.2) is 82.4 Å². The van der Waals surface area contributed by atoms with Gasteiger partial charge in [-0.25, -0.2) is 4.79 Å². The van der Waals surface area contributed by atoms with Crippen molar-refractivity contribution in [2.24, 2.45) is 5.73 Å². The highest BCUT2D eigenvalue weighted by Crippen LogP contribution is 2.32. The molecule has 0 radical (unpaired) electrons. The number of urea groups is 1. The van der Waals surface area contributed by atoms with Gasteiger partial charge in [-0.1, -0.05) is 12.1 Å². The summed E-state index contributed by atoms with van der Waals surface area (Å²) in [7, 11) is 1.29. The van der Waals surface area contributed by atoms with Gasteiger partial charge in [0.25, 0.3) is 0 Å². The van der Waals surface area contributed by atoms with Gasteiger partial charge in [0.05, 0.1) is 40.4 Å². The predicted octanol–water partition coefficient (Wildman–Crippen LogP) is 5.29. The summed E-state index contributed by atoms with van der Waals surface area (Å²) < 4.78 is 42.4. The monoisotopic (exact) mass is 723 g/mol. The van der Waals surface area contributed by atoms with Gasteiger partial charge < -0.3 is 39.2 Å². The topological polar surface area (TPSA) is 157 Å². The molecule has 0 saturated carbocycles. The Morgan fingerprint density at radius 2 is 1.70 bits per heavy atom. The number of ether oxygens (including phenoxy) is 2. The number of hydrogen-bond acceptors (Lipinski definition) is 9. The van der Waals surface area contributed by atoms with E-state index in [0.29, 0.717) is 46.7 Å². The van der Waals surface area contributed by atoms with Crippen LogP contribution in [0.3, 0.4) is 0 Å². The minimum absolute atomic E-state index is 0.0835. The predicted molar refractivity (Wildman–Crippen MR) is 191 cm³/mol. The van der Waals surface area contributed by atoms with Gasteiger partial charge in [-0.15, -0.1) is 0 Å². The Kier molecular flexibility index (Phi) is 11.2. The molecule has 1 fully saturated rings. The summed E-state index contributed by atoms with van der Waals surface area (Å²) in [6, 6.07) is 16.4. The fourth-order valence-electron chi connectivity index (χ4n) is 6.50. The van der Waals surface area contributed by atoms with Crippen molar-refractivity contribution in [3.05, 3.63) is 94.2 Å². The molecule has 5 rings (SSSR count). The number of piperidine rings is 1. The van der Waals surface area contributed by atoms with Crippen molar-refractivity contribution in [2.45, 2.75) is 49.7 Å². The lowest BCUT2D eigenvalue weighted by molar-refractivity contribution is -0.928. The molecule has 1 aromatic heterocycles. The minimum atomic E-state index is -4.03. The van der Waals surface area contributed by atoms with E-state index >= 15 is 0 Å². The van der Waals surface area contributed by atoms with Crippen LogP contribution in [-0.4, -0.2) is 81.3 Å². The number of quaternary nitrogens is 1. The van der Waals surface area contributed by atoms with Gasteiger partial charge in [0.15, 0.2) is 11.5 Å². The third-order valence-electron chi connectivity index (χ3n) is 8.95. The van der Waals surface area contributed by atoms with Crippen LogP contribution >= 0.6 is 11.3 Å². The summed E-state index contributed by atoms with van der Waals surface area (Å²) in [4.78, 5) is 29.0. The molecular formula is C36H43N4O8S2+. The Morgan fingerprint density at radius 3 is 2.32 bits per heavy atom. The Labute approximate surface area is 296 Å². The van der Waals surface area contributed by atoms with E-state index in [-0.39, 0.29) is 28.9 Å². The molecule has 2 heterocycles. The molecule has 0 bridgehead atoms. The van der Waals surface area contributed by atoms with E-state index in [2.05, 4.69) is 12.4 Å². The van der Waals surface area contributed by atoms with Crippen molar-refractivity contribution in [1.82, 2.24) is 4.90 Å². The maximum absolute atomic E-state index is 14.2. The molecule has 1 unspecified atom stereocenters. The Balaban J connectivity index is 1.40. The second kappa shape index (κ2) is 15.4. The lowest BCUT2D eigenvalue weighted by atomic mass is 9.96. The standard InChI is InChI=1S/C36H42N4O8S2/c1-24-22-49-23-34(24)50(44,45)48-30-14-10-27(11-15-30)38-36(43)39(31(35(37)42)18-25-7-12-29(41)13-8-25)28-6-5-17-40(2,21-28)20-26-9-16-32(46-3)33(19-26)47-4/h7-16,19,22-23,28,31H,5-6,17-18,20-21H2,1-4H3,(H3-,37,38,41,42,43)/p+1/t28-,31-,40?/m0/s1. The number of nitrogens with zero attached hydrogens (tertiary/aromatic N) is 2. The number of hydrogen-bond donors (Lipinski definition) is 3. The SMILES string of the molecule is COc1ccc(C[N+]2(C)CCC[C@H](N(C(=O)Nc3ccc(OS(=O)(=O)c4cscc4C)cc3)[C@@H](Cc3ccc(O)cc3)C(N)=O)C2)cc1OC. The van der Waals surface area contributed by atoms with Crippen LogP contribution in [-0.2, 0) is 27.9 Å². The zero-order valence-electron chi connectivity index (χ0n) is 28.5. The molecule has 1 aliphatic heterocycles. The first kappa shape index (κ1) is 36.5. The van der Waals surface area contributed by atoms with Gasteiger partial charge in [0.1, 0.15) is 29.0 Å². The van der Waals surface area contributed by atoms with E-state index in [0.717, 1.165) is 24.1 Å². The van der Waals surface area contributed by atoms with Crippen molar-refractivity contribution in [3.8, 4) is 23.0 Å². The van der Waals surface area contributed by atoms with Crippen LogP contribution in [0.2, 0.25) is 0 Å². The summed E-state index contributed by atoms with van der Waals surface area (Å²) in [6.07, 6.45) is 1.60. The number of likely N-dealkylation sites (tertiary alicyclic amines) is 1. The van der Waals surface area contributed by atoms with Crippen LogP contribution < -0.4 is 24.7 Å². The molecule has 4 aromatic rings. The molecule has 1 saturated heterocycles. The van der Waals surface area contributed by atoms with Crippen molar-refractivity contribution in [1.29, 1.82) is 0 Å². The van der Waals surface area contributed by atoms with Crippen LogP contribution in [0.4, 0.5) is 10.5 Å². The van der Waals surface area contributed by atoms with Crippen molar-refractivity contribution < 1.29 is 41.3 Å². The normalized spacial score (nSPS) is 18.1. The number of thiophene rings is 1. The molecule has 14 heteroatoms. The second-order valence-corrected chi connectivity index (χ2v) is 15.0. The first-order chi connectivity index (χ1) is 23.8. The van der Waals surface area contributed by atoms with Crippen LogP contribution in [0, 0.1) is 6.92 Å². The third kappa shape index (κ3) is 8.67. The van der Waals surface area contributed by atoms with E-state index in [1.165, 1.54) is 41.0 Å². The number of rotatable bonds is 13. The Bertz CT molecular complexity index is 1910. The second-order valence-electron chi connectivity index (χ2n) is 12.8. The van der Waals surface area contributed by atoms with E-state index in [9.17, 15) is 23.1 Å². The third-order valence-corrected chi connectivity index (χ3v) is 11.3. The molecule has 266 valence electrons. The van der Waals surface area contributed by atoms with E-state index in [1.807, 2.05) is 18.2 Å². The molecule has 1 aliphatic rings. The maximum Gasteiger partial charge on any atom is 0.340 e. The highest BCUT2D eigenvalue weighted by atomic mass is 32.2. The van der Waals surface area contributed by atoms with E-state index in [1.54, 1.807) is 55.7 Å². The Hall–Kier alpha value is -4.79. The lowest BCUT2D eigenvalue weighted by Crippen LogP contribution is -2.62. The van der Waals surface area contributed by atoms with E-state index in [4.69, 9.17) is 19.4 Å². The van der Waals surface area contributed by atoms with Crippen LogP contribution in [0.5, 0.6) is 23.0 Å². The fraction of sp³-hybridized carbons (Fsp3) is 0.333. The van der Waals surface area contributed by atoms with Gasteiger partial charge in [-0.3, -0.25) is 4.79 Å². The molecule has 3 aromatic carbocycles. The minimum Gasteiger partial charge on any atom is -0.508 e. The molecule has 4 N–H and O–H groups in total. The summed E-state index contributed by atoms with van der Waals surface area (Å²) in [5.74, 6) is 0.772. The van der Waals surface area contributed by atoms with Crippen molar-refractivity contribution in [2.75, 3.05) is 39.7 Å². The quantitative estimate of drug-likeness (QED) is 0.124. The molecule has 3 atom stereocenters. The van der Waals surface area contributed by atoms with Gasteiger partial charge in [-0.05, 0) is 90.9 Å². The number of benzene rings is 3. The summed E-state index contributed by atoms with van der Waals surface area (Å²) >= 11 is 1.27. The molecule has 3 amide bonds. The van der Waals surface area contributed by atoms with E-state index < -0.39 is 28.1 Å². The summed E-state index contributed by atoms with van der Waals surface area (Å²) in [6.45, 7) is 3.76. The lowest BCUT2D eigenvalue weighted by Gasteiger charge is -2.46. The first-order valence-electron chi connectivity index (χ1n) is 16.1. The first-order valence-corrected chi connectivity index (χ1v) is 18.4. The zero-order chi connectivity index (χ0) is 36.1. The number of methoxy groups -OCH3 is 2. The van der Waals surface area contributed by atoms with Gasteiger partial charge in [0, 0.05) is 23.1 Å². The number of phenols is 1. The summed E-state index contributed by atoms with van der Waals surface area (Å²) in [5.41, 5.74) is 8.76. The molecule has 12 nitrogen and oxygen atoms in total. The zero-order valence-corrected chi connectivity index (χ0v) is 30.1.